The minimum Gasteiger partial charge on any atom is -0.323 e. The summed E-state index contributed by atoms with van der Waals surface area (Å²) in [5.41, 5.74) is 6.04. The van der Waals surface area contributed by atoms with Crippen molar-refractivity contribution >= 4 is 36.1 Å². The van der Waals surface area contributed by atoms with E-state index in [1.807, 2.05) is 45.9 Å². The van der Waals surface area contributed by atoms with Crippen molar-refractivity contribution in [3.63, 3.8) is 0 Å². The molecule has 0 fully saturated rings. The molecule has 0 unspecified atom stereocenters. The molecule has 7 heteroatoms. The maximum atomic E-state index is 13.0. The fourth-order valence-corrected chi connectivity index (χ4v) is 6.74. The molecule has 0 spiro atoms. The summed E-state index contributed by atoms with van der Waals surface area (Å²) in [6.45, 7) is 19.1. The Morgan fingerprint density at radius 3 is 1.62 bits per heavy atom. The van der Waals surface area contributed by atoms with Gasteiger partial charge in [0.2, 0.25) is 0 Å². The Bertz CT molecular complexity index is 983. The van der Waals surface area contributed by atoms with Gasteiger partial charge in [-0.1, -0.05) is 30.3 Å². The largest absolute Gasteiger partial charge is 0.323 e. The molecule has 2 amide bonds. The molecule has 167 valence electrons. The SMILES string of the molecule is [C-]#[N+]c1cc(C)c(NC(=O)C[P+](CC)(CC)CC(=O)Nc2c(C)cccc2C)c(C)c1.[Y]. The van der Waals surface area contributed by atoms with Crippen LogP contribution in [0.1, 0.15) is 36.1 Å². The van der Waals surface area contributed by atoms with Gasteiger partial charge in [0.1, 0.15) is 12.3 Å². The zero-order chi connectivity index (χ0) is 23.2. The van der Waals surface area contributed by atoms with Crippen LogP contribution in [0.3, 0.4) is 0 Å². The Balaban J connectivity index is 0.00000512. The molecule has 0 saturated heterocycles. The van der Waals surface area contributed by atoms with E-state index in [0.29, 0.717) is 18.0 Å². The normalized spacial score (nSPS) is 10.7. The van der Waals surface area contributed by atoms with Crippen molar-refractivity contribution in [1.82, 2.24) is 0 Å². The molecule has 0 aliphatic heterocycles. The molecule has 0 bridgehead atoms. The molecule has 0 heterocycles. The zero-order valence-electron chi connectivity index (χ0n) is 20.0. The molecule has 0 aromatic heterocycles. The molecule has 5 nitrogen and oxygen atoms in total. The standard InChI is InChI=1S/C25H32N3O2P.Y/c1-8-31(9-2,15-22(29)27-24-17(3)11-10-12-18(24)4)16-23(30)28-25-19(5)13-21(26-7)14-20(25)6;/h10-14H,8-9,15-16H2,1-6H3,(H-,27,28,29,30);/p+1. The Kier molecular flexibility index (Phi) is 11.2. The second-order valence-corrected chi connectivity index (χ2v) is 12.8. The van der Waals surface area contributed by atoms with Crippen molar-refractivity contribution in [3.05, 3.63) is 64.0 Å². The van der Waals surface area contributed by atoms with E-state index in [1.165, 1.54) is 0 Å². The van der Waals surface area contributed by atoms with Gasteiger partial charge in [0.25, 0.3) is 11.8 Å². The van der Waals surface area contributed by atoms with Crippen molar-refractivity contribution in [2.24, 2.45) is 0 Å². The number of hydrogen-bond acceptors (Lipinski definition) is 2. The monoisotopic (exact) mass is 527 g/mol. The second kappa shape index (κ2) is 12.6. The molecular formula is C25H33N3O2PY+. The molecule has 0 saturated carbocycles. The zero-order valence-corrected chi connectivity index (χ0v) is 23.7. The van der Waals surface area contributed by atoms with Gasteiger partial charge in [0, 0.05) is 51.3 Å². The van der Waals surface area contributed by atoms with Gasteiger partial charge >= 0.3 is 0 Å². The van der Waals surface area contributed by atoms with Crippen LogP contribution in [0, 0.1) is 34.3 Å². The Labute approximate surface area is 218 Å². The van der Waals surface area contributed by atoms with E-state index in [1.54, 1.807) is 12.1 Å². The maximum absolute atomic E-state index is 13.0. The quantitative estimate of drug-likeness (QED) is 0.322. The molecule has 2 rings (SSSR count). The van der Waals surface area contributed by atoms with Gasteiger partial charge in [-0.3, -0.25) is 9.59 Å². The van der Waals surface area contributed by atoms with Crippen molar-refractivity contribution < 1.29 is 42.3 Å². The predicted octanol–water partition coefficient (Wildman–Crippen LogP) is 6.10. The van der Waals surface area contributed by atoms with E-state index in [0.717, 1.165) is 46.0 Å². The topological polar surface area (TPSA) is 62.6 Å². The molecular weight excluding hydrogens is 494 g/mol. The summed E-state index contributed by atoms with van der Waals surface area (Å²) in [5, 5.41) is 6.13. The van der Waals surface area contributed by atoms with Gasteiger partial charge in [-0.15, -0.1) is 0 Å². The third kappa shape index (κ3) is 7.21. The number of rotatable bonds is 8. The van der Waals surface area contributed by atoms with E-state index < -0.39 is 7.26 Å². The van der Waals surface area contributed by atoms with Crippen molar-refractivity contribution in [2.45, 2.75) is 41.5 Å². The van der Waals surface area contributed by atoms with Crippen LogP contribution in [-0.4, -0.2) is 36.5 Å². The number of amides is 2. The van der Waals surface area contributed by atoms with Gasteiger partial charge in [0.15, 0.2) is 5.69 Å². The average molecular weight is 527 g/mol. The minimum atomic E-state index is -1.79. The van der Waals surface area contributed by atoms with Crippen molar-refractivity contribution in [3.8, 4) is 0 Å². The van der Waals surface area contributed by atoms with Crippen LogP contribution in [0.25, 0.3) is 4.85 Å². The van der Waals surface area contributed by atoms with Gasteiger partial charge in [-0.05, 0) is 63.8 Å². The predicted molar refractivity (Wildman–Crippen MR) is 133 cm³/mol. The number of aryl methyl sites for hydroxylation is 4. The van der Waals surface area contributed by atoms with Crippen LogP contribution in [-0.2, 0) is 42.3 Å². The smallest absolute Gasteiger partial charge is 0.261 e. The van der Waals surface area contributed by atoms with Gasteiger partial charge in [0.05, 0.1) is 18.9 Å². The van der Waals surface area contributed by atoms with Crippen LogP contribution in [0.15, 0.2) is 30.3 Å². The molecule has 0 aliphatic rings. The van der Waals surface area contributed by atoms with Crippen LogP contribution in [0.5, 0.6) is 0 Å². The minimum absolute atomic E-state index is 0. The Morgan fingerprint density at radius 2 is 1.25 bits per heavy atom. The van der Waals surface area contributed by atoms with E-state index in [-0.39, 0.29) is 44.5 Å². The first-order valence-corrected chi connectivity index (χ1v) is 13.2. The summed E-state index contributed by atoms with van der Waals surface area (Å²) in [6, 6.07) is 9.53. The number of carbonyl (C=O) groups is 2. The summed E-state index contributed by atoms with van der Waals surface area (Å²) in [6.07, 6.45) is 2.46. The molecule has 2 N–H and O–H groups in total. The fraction of sp³-hybridized carbons (Fsp3) is 0.400. The number of benzene rings is 2. The Hall–Kier alpha value is -1.60. The van der Waals surface area contributed by atoms with Gasteiger partial charge in [-0.25, -0.2) is 4.85 Å². The number of nitrogens with zero attached hydrogens (tertiary/aromatic N) is 1. The number of nitrogens with one attached hydrogen (secondary N) is 2. The number of anilines is 2. The van der Waals surface area contributed by atoms with Crippen molar-refractivity contribution in [1.29, 1.82) is 0 Å². The van der Waals surface area contributed by atoms with E-state index >= 15 is 0 Å². The summed E-state index contributed by atoms with van der Waals surface area (Å²) in [4.78, 5) is 29.4. The van der Waals surface area contributed by atoms with E-state index in [9.17, 15) is 9.59 Å². The Morgan fingerprint density at radius 1 is 0.844 bits per heavy atom. The van der Waals surface area contributed by atoms with Gasteiger partial charge in [-0.2, -0.15) is 0 Å². The molecule has 0 atom stereocenters. The molecule has 1 radical (unpaired) electrons. The maximum Gasteiger partial charge on any atom is 0.261 e. The first-order chi connectivity index (χ1) is 14.6. The average Bonchev–Trinajstić information content (AvgIpc) is 2.72. The summed E-state index contributed by atoms with van der Waals surface area (Å²) in [7, 11) is -1.79. The van der Waals surface area contributed by atoms with E-state index in [4.69, 9.17) is 6.57 Å². The molecule has 32 heavy (non-hydrogen) atoms. The summed E-state index contributed by atoms with van der Waals surface area (Å²) >= 11 is 0. The summed E-state index contributed by atoms with van der Waals surface area (Å²) in [5.74, 6) is -0.0744. The third-order valence-electron chi connectivity index (χ3n) is 5.96. The van der Waals surface area contributed by atoms with E-state index in [2.05, 4.69) is 29.3 Å². The number of para-hydroxylation sites is 1. The van der Waals surface area contributed by atoms with Crippen LogP contribution < -0.4 is 10.6 Å². The number of hydrogen-bond donors (Lipinski definition) is 2. The number of carbonyl (C=O) groups excluding carboxylic acids is 2. The summed E-state index contributed by atoms with van der Waals surface area (Å²) < 4.78 is 0. The van der Waals surface area contributed by atoms with Crippen LogP contribution in [0.2, 0.25) is 0 Å². The molecule has 2 aromatic carbocycles. The van der Waals surface area contributed by atoms with Crippen LogP contribution >= 0.6 is 7.26 Å². The molecule has 2 aromatic rings. The third-order valence-corrected chi connectivity index (χ3v) is 10.6. The molecule has 0 aliphatic carbocycles. The van der Waals surface area contributed by atoms with Gasteiger partial charge < -0.3 is 10.6 Å². The van der Waals surface area contributed by atoms with Crippen LogP contribution in [0.4, 0.5) is 17.1 Å². The van der Waals surface area contributed by atoms with Crippen molar-refractivity contribution in [2.75, 3.05) is 35.3 Å². The second-order valence-electron chi connectivity index (χ2n) is 8.22. The fourth-order valence-electron chi connectivity index (χ4n) is 3.91. The first-order valence-electron chi connectivity index (χ1n) is 10.6. The first kappa shape index (κ1) is 28.4.